The molecule has 0 spiro atoms. The van der Waals surface area contributed by atoms with E-state index in [9.17, 15) is 0 Å². The van der Waals surface area contributed by atoms with Crippen LogP contribution in [0.15, 0.2) is 176 Å². The van der Waals surface area contributed by atoms with Crippen molar-refractivity contribution in [2.24, 2.45) is 0 Å². The summed E-state index contributed by atoms with van der Waals surface area (Å²) in [5.41, 5.74) is 20.6. The van der Waals surface area contributed by atoms with Crippen LogP contribution < -0.4 is 9.64 Å². The zero-order valence-corrected chi connectivity index (χ0v) is 32.1. The monoisotopic (exact) mass is 719 g/mol. The van der Waals surface area contributed by atoms with Crippen molar-refractivity contribution >= 4 is 17.1 Å². The summed E-state index contributed by atoms with van der Waals surface area (Å²) in [5, 5.41) is 0. The van der Waals surface area contributed by atoms with Crippen LogP contribution in [0.3, 0.4) is 0 Å². The van der Waals surface area contributed by atoms with Gasteiger partial charge in [-0.2, -0.15) is 0 Å². The number of ether oxygens (including phenoxy) is 1. The van der Waals surface area contributed by atoms with Crippen LogP contribution in [-0.4, -0.2) is 0 Å². The molecular formula is C54H41NO. The van der Waals surface area contributed by atoms with Gasteiger partial charge in [0.25, 0.3) is 0 Å². The molecule has 0 saturated heterocycles. The Kier molecular flexibility index (Phi) is 6.98. The molecule has 0 atom stereocenters. The molecule has 8 aromatic rings. The third-order valence-corrected chi connectivity index (χ3v) is 12.7. The lowest BCUT2D eigenvalue weighted by Gasteiger charge is -2.30. The summed E-state index contributed by atoms with van der Waals surface area (Å²) in [4.78, 5) is 2.43. The summed E-state index contributed by atoms with van der Waals surface area (Å²) in [6.45, 7) is 9.43. The van der Waals surface area contributed by atoms with Gasteiger partial charge in [-0.15, -0.1) is 0 Å². The second-order valence-corrected chi connectivity index (χ2v) is 16.5. The molecule has 0 bridgehead atoms. The SMILES string of the molecule is CC1(C)c2ccccc2-c2ccc(N(c3ccc4c(c3)Oc3ccc(-c5ccccc5)cc3-c3ccccc3-4)c3ccc4c(c3)C(C)(C)c3ccccc3-4)cc21. The Morgan fingerprint density at radius 1 is 0.321 bits per heavy atom. The van der Waals surface area contributed by atoms with Crippen molar-refractivity contribution in [2.45, 2.75) is 38.5 Å². The maximum atomic E-state index is 7.01. The zero-order chi connectivity index (χ0) is 37.8. The van der Waals surface area contributed by atoms with E-state index < -0.39 is 0 Å². The molecule has 0 radical (unpaired) electrons. The predicted octanol–water partition coefficient (Wildman–Crippen LogP) is 14.9. The minimum absolute atomic E-state index is 0.127. The molecule has 0 fully saturated rings. The van der Waals surface area contributed by atoms with Crippen molar-refractivity contribution in [2.75, 3.05) is 4.90 Å². The second kappa shape index (κ2) is 11.9. The number of nitrogens with zero attached hydrogens (tertiary/aromatic N) is 1. The van der Waals surface area contributed by atoms with E-state index in [0.717, 1.165) is 39.7 Å². The molecule has 0 N–H and O–H groups in total. The van der Waals surface area contributed by atoms with Crippen molar-refractivity contribution in [3.8, 4) is 67.1 Å². The molecule has 8 aromatic carbocycles. The number of hydrogen-bond acceptors (Lipinski definition) is 2. The Morgan fingerprint density at radius 2 is 0.786 bits per heavy atom. The third-order valence-electron chi connectivity index (χ3n) is 12.7. The summed E-state index contributed by atoms with van der Waals surface area (Å²) in [6, 6.07) is 64.5. The van der Waals surface area contributed by atoms with Crippen LogP contribution in [0.2, 0.25) is 0 Å². The number of rotatable bonds is 4. The van der Waals surface area contributed by atoms with E-state index in [0.29, 0.717) is 0 Å². The van der Waals surface area contributed by atoms with Crippen LogP contribution >= 0.6 is 0 Å². The van der Waals surface area contributed by atoms with Crippen LogP contribution in [-0.2, 0) is 10.8 Å². The van der Waals surface area contributed by atoms with Crippen LogP contribution in [0.4, 0.5) is 17.1 Å². The number of benzene rings is 8. The molecular weight excluding hydrogens is 679 g/mol. The highest BCUT2D eigenvalue weighted by molar-refractivity contribution is 5.94. The molecule has 2 aliphatic carbocycles. The van der Waals surface area contributed by atoms with Gasteiger partial charge in [0, 0.05) is 45.1 Å². The Balaban J connectivity index is 1.10. The van der Waals surface area contributed by atoms with E-state index in [2.05, 4.69) is 209 Å². The highest BCUT2D eigenvalue weighted by atomic mass is 16.5. The molecule has 1 aliphatic heterocycles. The van der Waals surface area contributed by atoms with E-state index in [4.69, 9.17) is 4.74 Å². The fourth-order valence-corrected chi connectivity index (χ4v) is 9.78. The summed E-state index contributed by atoms with van der Waals surface area (Å²) in [5.74, 6) is 1.70. The van der Waals surface area contributed by atoms with Gasteiger partial charge in [0.05, 0.1) is 0 Å². The minimum Gasteiger partial charge on any atom is -0.456 e. The number of hydrogen-bond donors (Lipinski definition) is 0. The number of fused-ring (bicyclic) bond motifs is 11. The van der Waals surface area contributed by atoms with Gasteiger partial charge in [-0.1, -0.05) is 149 Å². The summed E-state index contributed by atoms with van der Waals surface area (Å²) < 4.78 is 7.01. The van der Waals surface area contributed by atoms with Gasteiger partial charge >= 0.3 is 0 Å². The summed E-state index contributed by atoms with van der Waals surface area (Å²) >= 11 is 0. The molecule has 1 heterocycles. The van der Waals surface area contributed by atoms with Crippen molar-refractivity contribution in [3.63, 3.8) is 0 Å². The molecule has 2 nitrogen and oxygen atoms in total. The van der Waals surface area contributed by atoms with E-state index in [1.54, 1.807) is 0 Å². The predicted molar refractivity (Wildman–Crippen MR) is 233 cm³/mol. The second-order valence-electron chi connectivity index (χ2n) is 16.5. The normalized spacial score (nSPS) is 14.5. The van der Waals surface area contributed by atoms with E-state index >= 15 is 0 Å². The Labute approximate surface area is 329 Å². The number of anilines is 3. The lowest BCUT2D eigenvalue weighted by atomic mass is 9.82. The van der Waals surface area contributed by atoms with Gasteiger partial charge in [-0.3, -0.25) is 0 Å². The summed E-state index contributed by atoms with van der Waals surface area (Å²) in [6.07, 6.45) is 0. The topological polar surface area (TPSA) is 12.5 Å². The summed E-state index contributed by atoms with van der Waals surface area (Å²) in [7, 11) is 0. The maximum Gasteiger partial charge on any atom is 0.137 e. The van der Waals surface area contributed by atoms with Gasteiger partial charge in [0.1, 0.15) is 11.5 Å². The lowest BCUT2D eigenvalue weighted by molar-refractivity contribution is 0.488. The highest BCUT2D eigenvalue weighted by Crippen LogP contribution is 2.54. The van der Waals surface area contributed by atoms with Gasteiger partial charge in [0.15, 0.2) is 0 Å². The Bertz CT molecular complexity index is 2790. The first-order valence-electron chi connectivity index (χ1n) is 19.7. The Morgan fingerprint density at radius 3 is 1.38 bits per heavy atom. The van der Waals surface area contributed by atoms with Crippen LogP contribution in [0.25, 0.3) is 55.6 Å². The van der Waals surface area contributed by atoms with Gasteiger partial charge in [-0.25, -0.2) is 0 Å². The maximum absolute atomic E-state index is 7.01. The van der Waals surface area contributed by atoms with Crippen molar-refractivity contribution in [1.82, 2.24) is 0 Å². The molecule has 268 valence electrons. The van der Waals surface area contributed by atoms with Crippen LogP contribution in [0.5, 0.6) is 11.5 Å². The molecule has 56 heavy (non-hydrogen) atoms. The molecule has 0 amide bonds. The van der Waals surface area contributed by atoms with Gasteiger partial charge in [0.2, 0.25) is 0 Å². The standard InChI is InChI=1S/C54H41NO/c1-53(2)47-20-12-10-18-41(47)43-26-23-36(31-49(43)53)55(37-24-27-44-42-19-11-13-21-48(42)54(3,4)50(44)32-37)38-25-28-45-39-16-8-9-17-40(39)46-30-35(34-14-6-5-7-15-34)22-29-51(46)56-52(45)33-38/h5-33H,1-4H3. The minimum atomic E-state index is -0.127. The van der Waals surface area contributed by atoms with E-state index in [1.807, 2.05) is 0 Å². The van der Waals surface area contributed by atoms with Gasteiger partial charge < -0.3 is 9.64 Å². The highest BCUT2D eigenvalue weighted by Gasteiger charge is 2.38. The van der Waals surface area contributed by atoms with Crippen molar-refractivity contribution in [3.05, 3.63) is 198 Å². The third kappa shape index (κ3) is 4.75. The molecule has 0 aromatic heterocycles. The fourth-order valence-electron chi connectivity index (χ4n) is 9.78. The quantitative estimate of drug-likeness (QED) is 0.180. The fraction of sp³-hybridized carbons (Fsp3) is 0.111. The van der Waals surface area contributed by atoms with E-state index in [1.165, 1.54) is 66.8 Å². The van der Waals surface area contributed by atoms with Crippen molar-refractivity contribution < 1.29 is 4.74 Å². The Hall–Kier alpha value is -6.64. The molecule has 3 aliphatic rings. The molecule has 11 rings (SSSR count). The average molecular weight is 720 g/mol. The zero-order valence-electron chi connectivity index (χ0n) is 32.1. The van der Waals surface area contributed by atoms with Gasteiger partial charge in [-0.05, 0) is 115 Å². The van der Waals surface area contributed by atoms with Crippen LogP contribution in [0, 0.1) is 0 Å². The molecule has 0 saturated carbocycles. The average Bonchev–Trinajstić information content (AvgIpc) is 3.53. The van der Waals surface area contributed by atoms with Crippen LogP contribution in [0.1, 0.15) is 49.9 Å². The molecule has 0 unspecified atom stereocenters. The lowest BCUT2D eigenvalue weighted by Crippen LogP contribution is -2.18. The largest absolute Gasteiger partial charge is 0.456 e. The first-order chi connectivity index (χ1) is 27.3. The van der Waals surface area contributed by atoms with E-state index in [-0.39, 0.29) is 10.8 Å². The first kappa shape index (κ1) is 32.8. The van der Waals surface area contributed by atoms with Crippen molar-refractivity contribution in [1.29, 1.82) is 0 Å². The smallest absolute Gasteiger partial charge is 0.137 e. The molecule has 2 heteroatoms. The first-order valence-corrected chi connectivity index (χ1v) is 19.7.